The first-order valence-electron chi connectivity index (χ1n) is 7.85. The summed E-state index contributed by atoms with van der Waals surface area (Å²) in [5.74, 6) is -0.102. The minimum absolute atomic E-state index is 0.0431. The number of halogens is 1. The SMILES string of the molecule is CCN(CC(=O)N1CCCCCC1)C(=O)c1scc(C)c1Cl. The van der Waals surface area contributed by atoms with E-state index in [2.05, 4.69) is 0 Å². The smallest absolute Gasteiger partial charge is 0.265 e. The number of nitrogens with zero attached hydrogens (tertiary/aromatic N) is 2. The quantitative estimate of drug-likeness (QED) is 0.839. The van der Waals surface area contributed by atoms with Gasteiger partial charge in [0.25, 0.3) is 5.91 Å². The average Bonchev–Trinajstić information content (AvgIpc) is 2.74. The lowest BCUT2D eigenvalue weighted by Crippen LogP contribution is -2.43. The maximum atomic E-state index is 12.6. The van der Waals surface area contributed by atoms with Crippen LogP contribution in [0.3, 0.4) is 0 Å². The zero-order chi connectivity index (χ0) is 16.1. The van der Waals surface area contributed by atoms with Crippen molar-refractivity contribution in [3.8, 4) is 0 Å². The zero-order valence-corrected chi connectivity index (χ0v) is 14.8. The third-order valence-electron chi connectivity index (χ3n) is 4.05. The Kier molecular flexibility index (Phi) is 6.26. The van der Waals surface area contributed by atoms with E-state index in [1.165, 1.54) is 24.2 Å². The van der Waals surface area contributed by atoms with Crippen molar-refractivity contribution in [2.75, 3.05) is 26.2 Å². The average molecular weight is 343 g/mol. The van der Waals surface area contributed by atoms with Crippen molar-refractivity contribution in [2.45, 2.75) is 39.5 Å². The fourth-order valence-electron chi connectivity index (χ4n) is 2.63. The van der Waals surface area contributed by atoms with E-state index in [-0.39, 0.29) is 18.4 Å². The molecule has 1 aromatic heterocycles. The molecule has 6 heteroatoms. The standard InChI is InChI=1S/C16H23ClN2O2S/c1-3-18(16(21)15-14(17)12(2)11-22-15)10-13(20)19-8-6-4-5-7-9-19/h11H,3-10H2,1-2H3. The van der Waals surface area contributed by atoms with Gasteiger partial charge in [-0.15, -0.1) is 11.3 Å². The van der Waals surface area contributed by atoms with Gasteiger partial charge in [0.15, 0.2) is 0 Å². The molecule has 1 aromatic rings. The normalized spacial score (nSPS) is 15.5. The number of rotatable bonds is 4. The lowest BCUT2D eigenvalue weighted by Gasteiger charge is -2.25. The fourth-order valence-corrected chi connectivity index (χ4v) is 3.87. The number of hydrogen-bond acceptors (Lipinski definition) is 3. The minimum atomic E-state index is -0.145. The molecule has 0 aromatic carbocycles. The largest absolute Gasteiger partial charge is 0.341 e. The summed E-state index contributed by atoms with van der Waals surface area (Å²) in [6.45, 7) is 6.04. The van der Waals surface area contributed by atoms with Gasteiger partial charge in [0.1, 0.15) is 11.4 Å². The zero-order valence-electron chi connectivity index (χ0n) is 13.2. The van der Waals surface area contributed by atoms with E-state index >= 15 is 0 Å². The Morgan fingerprint density at radius 1 is 1.27 bits per heavy atom. The Bertz CT molecular complexity index is 536. The molecular weight excluding hydrogens is 320 g/mol. The van der Waals surface area contributed by atoms with Crippen LogP contribution < -0.4 is 0 Å². The summed E-state index contributed by atoms with van der Waals surface area (Å²) in [6.07, 6.45) is 4.48. The topological polar surface area (TPSA) is 40.6 Å². The van der Waals surface area contributed by atoms with E-state index in [9.17, 15) is 9.59 Å². The van der Waals surface area contributed by atoms with Crippen LogP contribution in [-0.4, -0.2) is 47.8 Å². The number of thiophene rings is 1. The molecule has 2 amide bonds. The summed E-state index contributed by atoms with van der Waals surface area (Å²) in [5.41, 5.74) is 0.907. The summed E-state index contributed by atoms with van der Waals surface area (Å²) >= 11 is 7.52. The van der Waals surface area contributed by atoms with Crippen LogP contribution in [0.4, 0.5) is 0 Å². The van der Waals surface area contributed by atoms with Gasteiger partial charge in [-0.05, 0) is 37.6 Å². The van der Waals surface area contributed by atoms with E-state index in [0.717, 1.165) is 31.5 Å². The predicted molar refractivity (Wildman–Crippen MR) is 90.7 cm³/mol. The van der Waals surface area contributed by atoms with Gasteiger partial charge >= 0.3 is 0 Å². The second-order valence-corrected chi connectivity index (χ2v) is 6.93. The van der Waals surface area contributed by atoms with Crippen LogP contribution in [0.5, 0.6) is 0 Å². The van der Waals surface area contributed by atoms with Crippen LogP contribution >= 0.6 is 22.9 Å². The number of carbonyl (C=O) groups is 2. The molecule has 1 aliphatic heterocycles. The predicted octanol–water partition coefficient (Wildman–Crippen LogP) is 3.57. The molecule has 2 heterocycles. The Labute approximate surface area is 141 Å². The highest BCUT2D eigenvalue weighted by Crippen LogP contribution is 2.28. The number of amides is 2. The van der Waals surface area contributed by atoms with Crippen LogP contribution in [0.25, 0.3) is 0 Å². The summed E-state index contributed by atoms with van der Waals surface area (Å²) < 4.78 is 0. The van der Waals surface area contributed by atoms with Crippen LogP contribution in [0, 0.1) is 6.92 Å². The van der Waals surface area contributed by atoms with Crippen molar-refractivity contribution >= 4 is 34.8 Å². The third kappa shape index (κ3) is 4.02. The van der Waals surface area contributed by atoms with Crippen molar-refractivity contribution in [3.63, 3.8) is 0 Å². The maximum Gasteiger partial charge on any atom is 0.265 e. The van der Waals surface area contributed by atoms with Gasteiger partial charge < -0.3 is 9.80 Å². The molecule has 22 heavy (non-hydrogen) atoms. The molecule has 1 saturated heterocycles. The fraction of sp³-hybridized carbons (Fsp3) is 0.625. The second-order valence-electron chi connectivity index (χ2n) is 5.68. The Morgan fingerprint density at radius 3 is 2.41 bits per heavy atom. The third-order valence-corrected chi connectivity index (χ3v) is 5.73. The summed E-state index contributed by atoms with van der Waals surface area (Å²) in [5, 5.41) is 2.38. The van der Waals surface area contributed by atoms with Gasteiger partial charge in [0.2, 0.25) is 5.91 Å². The van der Waals surface area contributed by atoms with Gasteiger partial charge in [-0.2, -0.15) is 0 Å². The molecule has 1 fully saturated rings. The highest BCUT2D eigenvalue weighted by atomic mass is 35.5. The van der Waals surface area contributed by atoms with E-state index in [1.54, 1.807) is 4.90 Å². The van der Waals surface area contributed by atoms with Gasteiger partial charge in [0.05, 0.1) is 5.02 Å². The molecule has 0 N–H and O–H groups in total. The molecule has 1 aliphatic rings. The van der Waals surface area contributed by atoms with Crippen molar-refractivity contribution in [1.29, 1.82) is 0 Å². The number of carbonyl (C=O) groups excluding carboxylic acids is 2. The summed E-state index contributed by atoms with van der Waals surface area (Å²) in [6, 6.07) is 0. The molecule has 0 atom stereocenters. The highest BCUT2D eigenvalue weighted by Gasteiger charge is 2.24. The van der Waals surface area contributed by atoms with E-state index < -0.39 is 0 Å². The summed E-state index contributed by atoms with van der Waals surface area (Å²) in [7, 11) is 0. The lowest BCUT2D eigenvalue weighted by atomic mass is 10.2. The number of hydrogen-bond donors (Lipinski definition) is 0. The number of likely N-dealkylation sites (N-methyl/N-ethyl adjacent to an activating group) is 1. The molecule has 0 saturated carbocycles. The second kappa shape index (κ2) is 7.97. The number of aryl methyl sites for hydroxylation is 1. The first-order valence-corrected chi connectivity index (χ1v) is 9.11. The van der Waals surface area contributed by atoms with Crippen LogP contribution in [-0.2, 0) is 4.79 Å². The first-order chi connectivity index (χ1) is 10.5. The molecular formula is C16H23ClN2O2S. The molecule has 0 aliphatic carbocycles. The van der Waals surface area contributed by atoms with E-state index in [4.69, 9.17) is 11.6 Å². The van der Waals surface area contributed by atoms with E-state index in [1.807, 2.05) is 24.1 Å². The van der Waals surface area contributed by atoms with Crippen LogP contribution in [0.1, 0.15) is 47.8 Å². The Balaban J connectivity index is 2.03. The molecule has 0 spiro atoms. The molecule has 4 nitrogen and oxygen atoms in total. The monoisotopic (exact) mass is 342 g/mol. The number of likely N-dealkylation sites (tertiary alicyclic amines) is 1. The van der Waals surface area contributed by atoms with Crippen molar-refractivity contribution in [1.82, 2.24) is 9.80 Å². The van der Waals surface area contributed by atoms with Crippen LogP contribution in [0.2, 0.25) is 5.02 Å². The van der Waals surface area contributed by atoms with Gasteiger partial charge in [0, 0.05) is 19.6 Å². The Morgan fingerprint density at radius 2 is 1.91 bits per heavy atom. The first kappa shape index (κ1) is 17.3. The molecule has 0 bridgehead atoms. The molecule has 2 rings (SSSR count). The van der Waals surface area contributed by atoms with Crippen molar-refractivity contribution in [2.24, 2.45) is 0 Å². The Hall–Kier alpha value is -1.07. The van der Waals surface area contributed by atoms with Crippen LogP contribution in [0.15, 0.2) is 5.38 Å². The summed E-state index contributed by atoms with van der Waals surface area (Å²) in [4.78, 5) is 29.0. The van der Waals surface area contributed by atoms with Gasteiger partial charge in [-0.1, -0.05) is 24.4 Å². The maximum absolute atomic E-state index is 12.6. The van der Waals surface area contributed by atoms with Crippen molar-refractivity contribution < 1.29 is 9.59 Å². The molecule has 0 unspecified atom stereocenters. The lowest BCUT2D eigenvalue weighted by molar-refractivity contribution is -0.131. The van der Waals surface area contributed by atoms with E-state index in [0.29, 0.717) is 16.4 Å². The minimum Gasteiger partial charge on any atom is -0.341 e. The molecule has 122 valence electrons. The van der Waals surface area contributed by atoms with Crippen molar-refractivity contribution in [3.05, 3.63) is 20.8 Å². The van der Waals surface area contributed by atoms with Gasteiger partial charge in [-0.3, -0.25) is 9.59 Å². The molecule has 0 radical (unpaired) electrons. The highest BCUT2D eigenvalue weighted by molar-refractivity contribution is 7.13. The van der Waals surface area contributed by atoms with Gasteiger partial charge in [-0.25, -0.2) is 0 Å².